The van der Waals surface area contributed by atoms with Gasteiger partial charge in [-0.3, -0.25) is 14.7 Å². The normalized spacial score (nSPS) is 14.5. The Bertz CT molecular complexity index is 574. The number of hydrogen-bond donors (Lipinski definition) is 0. The molecule has 0 saturated heterocycles. The molecule has 0 amide bonds. The number of non-ortho nitro benzene ring substituents is 1. The van der Waals surface area contributed by atoms with Crippen LogP contribution < -0.4 is 9.42 Å². The van der Waals surface area contributed by atoms with Crippen LogP contribution >= 0.6 is 19.4 Å². The van der Waals surface area contributed by atoms with E-state index in [2.05, 4.69) is 0 Å². The van der Waals surface area contributed by atoms with E-state index in [0.717, 1.165) is 18.2 Å². The highest BCUT2D eigenvalue weighted by atomic mass is 35.5. The van der Waals surface area contributed by atoms with E-state index < -0.39 is 12.7 Å². The van der Waals surface area contributed by atoms with E-state index in [0.29, 0.717) is 11.0 Å². The Morgan fingerprint density at radius 3 is 2.48 bits per heavy atom. The van der Waals surface area contributed by atoms with Crippen molar-refractivity contribution in [2.24, 2.45) is 0 Å². The zero-order valence-corrected chi connectivity index (χ0v) is 13.5. The van der Waals surface area contributed by atoms with Crippen LogP contribution in [-0.2, 0) is 9.09 Å². The molecule has 0 aliphatic heterocycles. The van der Waals surface area contributed by atoms with Gasteiger partial charge in [-0.2, -0.15) is 0 Å². The van der Waals surface area contributed by atoms with Gasteiger partial charge in [0.25, 0.3) is 5.69 Å². The van der Waals surface area contributed by atoms with Crippen LogP contribution in [0.5, 0.6) is 5.75 Å². The van der Waals surface area contributed by atoms with Gasteiger partial charge in [0.15, 0.2) is 0 Å². The predicted octanol–water partition coefficient (Wildman–Crippen LogP) is 1.82. The van der Waals surface area contributed by atoms with Gasteiger partial charge in [0.2, 0.25) is 0 Å². The largest absolute Gasteiger partial charge is 0.746 e. The molecule has 0 heterocycles. The Morgan fingerprint density at radius 1 is 1.38 bits per heavy atom. The van der Waals surface area contributed by atoms with E-state index in [1.807, 2.05) is 21.1 Å². The second-order valence-electron chi connectivity index (χ2n) is 5.26. The topological polar surface area (TPSA) is 102 Å². The summed E-state index contributed by atoms with van der Waals surface area (Å²) in [6.45, 7) is 0.415. The second kappa shape index (κ2) is 6.72. The molecule has 0 bridgehead atoms. The molecule has 1 rings (SSSR count). The predicted molar refractivity (Wildman–Crippen MR) is 75.2 cm³/mol. The molecule has 10 heteroatoms. The van der Waals surface area contributed by atoms with Gasteiger partial charge < -0.3 is 18.4 Å². The smallest absolute Gasteiger partial charge is 0.320 e. The van der Waals surface area contributed by atoms with E-state index in [9.17, 15) is 19.6 Å². The number of halogens is 1. The van der Waals surface area contributed by atoms with Crippen molar-refractivity contribution in [2.75, 3.05) is 34.3 Å². The summed E-state index contributed by atoms with van der Waals surface area (Å²) in [4.78, 5) is 21.5. The summed E-state index contributed by atoms with van der Waals surface area (Å²) in [5.74, 6) is -0.217. The first-order chi connectivity index (χ1) is 9.50. The van der Waals surface area contributed by atoms with Gasteiger partial charge in [0.1, 0.15) is 18.9 Å². The summed E-state index contributed by atoms with van der Waals surface area (Å²) >= 11 is 5.74. The Kier molecular flexibility index (Phi) is 5.72. The summed E-state index contributed by atoms with van der Waals surface area (Å²) in [7, 11) is 1.07. The van der Waals surface area contributed by atoms with Crippen molar-refractivity contribution in [3.05, 3.63) is 33.3 Å². The molecule has 0 aliphatic carbocycles. The molecule has 0 fully saturated rings. The lowest BCUT2D eigenvalue weighted by atomic mass is 10.3. The van der Waals surface area contributed by atoms with Crippen molar-refractivity contribution >= 4 is 25.1 Å². The number of likely N-dealkylation sites (N-methyl/N-ethyl adjacent to an activating group) is 1. The van der Waals surface area contributed by atoms with Crippen molar-refractivity contribution in [1.29, 1.82) is 0 Å². The average Bonchev–Trinajstić information content (AvgIpc) is 2.29. The van der Waals surface area contributed by atoms with Crippen molar-refractivity contribution in [3.63, 3.8) is 0 Å². The Hall–Kier alpha value is -1.18. The second-order valence-corrected chi connectivity index (χ2v) is 7.00. The Balaban J connectivity index is 2.71. The van der Waals surface area contributed by atoms with E-state index >= 15 is 0 Å². The molecule has 8 nitrogen and oxygen atoms in total. The Labute approximate surface area is 127 Å². The van der Waals surface area contributed by atoms with Gasteiger partial charge in [-0.25, -0.2) is 0 Å². The quantitative estimate of drug-likeness (QED) is 0.325. The molecule has 0 saturated carbocycles. The molecular formula is C11H16ClN2O6P. The van der Waals surface area contributed by atoms with Gasteiger partial charge in [-0.15, -0.1) is 0 Å². The molecule has 21 heavy (non-hydrogen) atoms. The van der Waals surface area contributed by atoms with Crippen molar-refractivity contribution in [2.45, 2.75) is 0 Å². The number of benzene rings is 1. The van der Waals surface area contributed by atoms with Crippen LogP contribution in [0.1, 0.15) is 0 Å². The minimum absolute atomic E-state index is 0.0467. The van der Waals surface area contributed by atoms with Crippen LogP contribution in [0.25, 0.3) is 0 Å². The standard InChI is InChI=1S/C11H16ClN2O6P/c1-14(2,3)6-7-19-21(17,18)20-11-5-4-9(13(15)16)8-10(11)12/h4-5,8H,6-7H2,1-3H3. The molecule has 1 atom stereocenters. The van der Waals surface area contributed by atoms with Crippen molar-refractivity contribution < 1.29 is 27.9 Å². The fourth-order valence-electron chi connectivity index (χ4n) is 1.25. The number of hydrogen-bond acceptors (Lipinski definition) is 6. The highest BCUT2D eigenvalue weighted by Gasteiger charge is 2.18. The van der Waals surface area contributed by atoms with Crippen LogP contribution in [-0.4, -0.2) is 43.7 Å². The highest BCUT2D eigenvalue weighted by molar-refractivity contribution is 7.46. The zero-order valence-electron chi connectivity index (χ0n) is 11.8. The molecule has 0 aromatic heterocycles. The summed E-state index contributed by atoms with van der Waals surface area (Å²) in [5.41, 5.74) is -0.265. The first kappa shape index (κ1) is 17.9. The summed E-state index contributed by atoms with van der Waals surface area (Å²) in [5, 5.41) is 10.4. The molecule has 0 aliphatic rings. The van der Waals surface area contributed by atoms with Gasteiger partial charge in [-0.1, -0.05) is 11.6 Å². The van der Waals surface area contributed by atoms with Crippen LogP contribution in [0.3, 0.4) is 0 Å². The lowest BCUT2D eigenvalue weighted by molar-refractivity contribution is -0.870. The number of quaternary nitrogens is 1. The maximum Gasteiger partial charge on any atom is 0.320 e. The number of phosphoric ester groups is 1. The monoisotopic (exact) mass is 338 g/mol. The van der Waals surface area contributed by atoms with Crippen LogP contribution in [0.15, 0.2) is 18.2 Å². The summed E-state index contributed by atoms with van der Waals surface area (Å²) < 4.78 is 21.6. The fraction of sp³-hybridized carbons (Fsp3) is 0.455. The first-order valence-electron chi connectivity index (χ1n) is 5.90. The average molecular weight is 339 g/mol. The zero-order chi connectivity index (χ0) is 16.3. The molecule has 118 valence electrons. The van der Waals surface area contributed by atoms with Crippen molar-refractivity contribution in [1.82, 2.24) is 0 Å². The molecule has 1 unspecified atom stereocenters. The summed E-state index contributed by atoms with van der Waals surface area (Å²) in [6, 6.07) is 3.20. The number of rotatable bonds is 7. The van der Waals surface area contributed by atoms with Crippen LogP contribution in [0.2, 0.25) is 5.02 Å². The molecule has 1 aromatic rings. The highest BCUT2D eigenvalue weighted by Crippen LogP contribution is 2.42. The van der Waals surface area contributed by atoms with E-state index in [-0.39, 0.29) is 23.1 Å². The maximum atomic E-state index is 11.6. The Morgan fingerprint density at radius 2 is 2.00 bits per heavy atom. The molecule has 0 spiro atoms. The minimum atomic E-state index is -4.58. The molecular weight excluding hydrogens is 323 g/mol. The lowest BCUT2D eigenvalue weighted by Crippen LogP contribution is -2.37. The van der Waals surface area contributed by atoms with Crippen LogP contribution in [0.4, 0.5) is 5.69 Å². The minimum Gasteiger partial charge on any atom is -0.746 e. The van der Waals surface area contributed by atoms with Crippen LogP contribution in [0, 0.1) is 10.1 Å². The molecule has 0 N–H and O–H groups in total. The third-order valence-electron chi connectivity index (χ3n) is 2.35. The number of nitro benzene ring substituents is 1. The first-order valence-corrected chi connectivity index (χ1v) is 7.74. The van der Waals surface area contributed by atoms with E-state index in [1.54, 1.807) is 0 Å². The van der Waals surface area contributed by atoms with Gasteiger partial charge in [-0.05, 0) is 6.07 Å². The number of nitrogens with zero attached hydrogens (tertiary/aromatic N) is 2. The maximum absolute atomic E-state index is 11.6. The SMILES string of the molecule is C[N+](C)(C)CCOP(=O)([O-])Oc1ccc([N+](=O)[O-])cc1Cl. The van der Waals surface area contributed by atoms with E-state index in [4.69, 9.17) is 20.6 Å². The van der Waals surface area contributed by atoms with Gasteiger partial charge in [0.05, 0.1) is 31.1 Å². The third kappa shape index (κ3) is 6.41. The third-order valence-corrected chi connectivity index (χ3v) is 3.56. The molecule has 0 radical (unpaired) electrons. The lowest BCUT2D eigenvalue weighted by Gasteiger charge is -2.27. The number of phosphoric acid groups is 1. The van der Waals surface area contributed by atoms with Crippen molar-refractivity contribution in [3.8, 4) is 5.75 Å². The van der Waals surface area contributed by atoms with E-state index in [1.165, 1.54) is 0 Å². The molecule has 1 aromatic carbocycles. The number of nitro groups is 1. The van der Waals surface area contributed by atoms with Gasteiger partial charge >= 0.3 is 7.82 Å². The fourth-order valence-corrected chi connectivity index (χ4v) is 2.28. The van der Waals surface area contributed by atoms with Gasteiger partial charge in [0, 0.05) is 12.1 Å². The summed E-state index contributed by atoms with van der Waals surface area (Å²) in [6.07, 6.45) is 0.